The smallest absolute Gasteiger partial charge is 0.146 e. The summed E-state index contributed by atoms with van der Waals surface area (Å²) in [4.78, 5) is 4.15. The van der Waals surface area contributed by atoms with Gasteiger partial charge in [0.2, 0.25) is 0 Å². The molecule has 0 bridgehead atoms. The average Bonchev–Trinajstić information content (AvgIpc) is 2.23. The van der Waals surface area contributed by atoms with E-state index >= 15 is 0 Å². The summed E-state index contributed by atoms with van der Waals surface area (Å²) in [6.07, 6.45) is 1.72. The molecule has 0 saturated carbocycles. The van der Waals surface area contributed by atoms with Gasteiger partial charge < -0.3 is 5.73 Å². The number of halogens is 1. The second kappa shape index (κ2) is 3.69. The summed E-state index contributed by atoms with van der Waals surface area (Å²) >= 11 is 0. The molecular weight excluding hydrogens is 191 g/mol. The third-order valence-corrected chi connectivity index (χ3v) is 2.25. The van der Waals surface area contributed by atoms with Gasteiger partial charge in [0.25, 0.3) is 0 Å². The van der Waals surface area contributed by atoms with Crippen molar-refractivity contribution in [3.05, 3.63) is 48.0 Å². The van der Waals surface area contributed by atoms with E-state index in [4.69, 9.17) is 5.73 Å². The summed E-state index contributed by atoms with van der Waals surface area (Å²) in [7, 11) is 0. The number of aryl methyl sites for hydroxylation is 1. The van der Waals surface area contributed by atoms with Gasteiger partial charge in [-0.15, -0.1) is 0 Å². The van der Waals surface area contributed by atoms with E-state index < -0.39 is 5.82 Å². The first-order chi connectivity index (χ1) is 7.16. The molecule has 0 radical (unpaired) electrons. The highest BCUT2D eigenvalue weighted by Gasteiger charge is 2.02. The molecule has 0 atom stereocenters. The van der Waals surface area contributed by atoms with Crippen molar-refractivity contribution in [1.82, 2.24) is 4.98 Å². The summed E-state index contributed by atoms with van der Waals surface area (Å²) in [5.41, 5.74) is 8.18. The lowest BCUT2D eigenvalue weighted by Crippen LogP contribution is -1.91. The molecular formula is C12H11FN2. The minimum Gasteiger partial charge on any atom is -0.396 e. The molecule has 3 heteroatoms. The highest BCUT2D eigenvalue weighted by molar-refractivity contribution is 5.65. The first-order valence-electron chi connectivity index (χ1n) is 4.65. The lowest BCUT2D eigenvalue weighted by atomic mass is 10.1. The van der Waals surface area contributed by atoms with E-state index in [1.54, 1.807) is 18.3 Å². The van der Waals surface area contributed by atoms with Crippen LogP contribution in [-0.2, 0) is 0 Å². The maximum atomic E-state index is 13.2. The molecule has 15 heavy (non-hydrogen) atoms. The molecule has 76 valence electrons. The van der Waals surface area contributed by atoms with Crippen LogP contribution in [0.4, 0.5) is 10.1 Å². The van der Waals surface area contributed by atoms with E-state index in [1.807, 2.05) is 19.1 Å². The van der Waals surface area contributed by atoms with E-state index in [0.29, 0.717) is 0 Å². The molecule has 1 heterocycles. The average molecular weight is 202 g/mol. The maximum Gasteiger partial charge on any atom is 0.146 e. The molecule has 2 nitrogen and oxygen atoms in total. The number of benzene rings is 1. The minimum atomic E-state index is -0.395. The third kappa shape index (κ3) is 1.96. The molecule has 0 amide bonds. The maximum absolute atomic E-state index is 13.2. The fourth-order valence-corrected chi connectivity index (χ4v) is 1.35. The second-order valence-corrected chi connectivity index (χ2v) is 3.42. The molecule has 2 aromatic rings. The van der Waals surface area contributed by atoms with Gasteiger partial charge in [-0.25, -0.2) is 4.39 Å². The van der Waals surface area contributed by atoms with Crippen LogP contribution >= 0.6 is 0 Å². The predicted molar refractivity (Wildman–Crippen MR) is 58.8 cm³/mol. The van der Waals surface area contributed by atoms with Gasteiger partial charge in [-0.1, -0.05) is 12.1 Å². The molecule has 0 saturated heterocycles. The molecule has 0 spiro atoms. The Kier molecular flexibility index (Phi) is 2.37. The number of pyridine rings is 1. The summed E-state index contributed by atoms with van der Waals surface area (Å²) in [5.74, 6) is -0.395. The van der Waals surface area contributed by atoms with Gasteiger partial charge in [0.15, 0.2) is 0 Å². The summed E-state index contributed by atoms with van der Waals surface area (Å²) in [6.45, 7) is 1.91. The Labute approximate surface area is 87.6 Å². The monoisotopic (exact) mass is 202 g/mol. The molecule has 1 aromatic carbocycles. The van der Waals surface area contributed by atoms with Gasteiger partial charge >= 0.3 is 0 Å². The summed E-state index contributed by atoms with van der Waals surface area (Å²) in [5, 5.41) is 0. The Morgan fingerprint density at radius 1 is 1.13 bits per heavy atom. The van der Waals surface area contributed by atoms with Crippen LogP contribution in [0.25, 0.3) is 11.1 Å². The van der Waals surface area contributed by atoms with Crippen molar-refractivity contribution in [3.8, 4) is 11.1 Å². The van der Waals surface area contributed by atoms with Crippen LogP contribution in [0.15, 0.2) is 36.5 Å². The zero-order valence-electron chi connectivity index (χ0n) is 8.37. The molecule has 2 rings (SSSR count). The van der Waals surface area contributed by atoms with Gasteiger partial charge in [0, 0.05) is 17.5 Å². The minimum absolute atomic E-state index is 0.166. The van der Waals surface area contributed by atoms with E-state index in [1.165, 1.54) is 6.07 Å². The quantitative estimate of drug-likeness (QED) is 0.722. The topological polar surface area (TPSA) is 38.9 Å². The first-order valence-corrected chi connectivity index (χ1v) is 4.65. The Morgan fingerprint density at radius 2 is 1.87 bits per heavy atom. The Balaban J connectivity index is 2.45. The van der Waals surface area contributed by atoms with Crippen LogP contribution in [0, 0.1) is 12.7 Å². The Bertz CT molecular complexity index is 477. The zero-order chi connectivity index (χ0) is 10.8. The normalized spacial score (nSPS) is 10.3. The number of nitrogen functional groups attached to an aromatic ring is 1. The number of nitrogens with zero attached hydrogens (tertiary/aromatic N) is 1. The number of hydrogen-bond acceptors (Lipinski definition) is 2. The van der Waals surface area contributed by atoms with Crippen LogP contribution in [-0.4, -0.2) is 4.98 Å². The highest BCUT2D eigenvalue weighted by Crippen LogP contribution is 2.22. The number of hydrogen-bond donors (Lipinski definition) is 1. The highest BCUT2D eigenvalue weighted by atomic mass is 19.1. The van der Waals surface area contributed by atoms with Crippen molar-refractivity contribution in [2.45, 2.75) is 6.92 Å². The number of anilines is 1. The van der Waals surface area contributed by atoms with E-state index in [-0.39, 0.29) is 5.69 Å². The fraction of sp³-hybridized carbons (Fsp3) is 0.0833. The van der Waals surface area contributed by atoms with Crippen molar-refractivity contribution in [2.75, 3.05) is 5.73 Å². The first kappa shape index (κ1) is 9.65. The summed E-state index contributed by atoms with van der Waals surface area (Å²) in [6, 6.07) is 8.56. The van der Waals surface area contributed by atoms with Crippen molar-refractivity contribution in [1.29, 1.82) is 0 Å². The van der Waals surface area contributed by atoms with Crippen molar-refractivity contribution in [2.24, 2.45) is 0 Å². The van der Waals surface area contributed by atoms with Gasteiger partial charge in [0.05, 0.1) is 5.69 Å². The van der Waals surface area contributed by atoms with Crippen molar-refractivity contribution < 1.29 is 4.39 Å². The summed E-state index contributed by atoms with van der Waals surface area (Å²) < 4.78 is 13.2. The standard InChI is InChI=1S/C12H11FN2/c1-8-2-3-10(7-15-8)9-4-5-12(14)11(13)6-9/h2-7H,14H2,1H3. The molecule has 2 N–H and O–H groups in total. The molecule has 0 aliphatic carbocycles. The van der Waals surface area contributed by atoms with Crippen LogP contribution < -0.4 is 5.73 Å². The lowest BCUT2D eigenvalue weighted by molar-refractivity contribution is 0.633. The molecule has 0 aliphatic rings. The fourth-order valence-electron chi connectivity index (χ4n) is 1.35. The van der Waals surface area contributed by atoms with Gasteiger partial charge in [0.1, 0.15) is 5.82 Å². The Morgan fingerprint density at radius 3 is 2.47 bits per heavy atom. The molecule has 1 aromatic heterocycles. The SMILES string of the molecule is Cc1ccc(-c2ccc(N)c(F)c2)cn1. The molecule has 0 fully saturated rings. The van der Waals surface area contributed by atoms with E-state index in [9.17, 15) is 4.39 Å². The molecule has 0 unspecified atom stereocenters. The number of rotatable bonds is 1. The van der Waals surface area contributed by atoms with Crippen molar-refractivity contribution >= 4 is 5.69 Å². The van der Waals surface area contributed by atoms with E-state index in [0.717, 1.165) is 16.8 Å². The van der Waals surface area contributed by atoms with Crippen LogP contribution in [0.5, 0.6) is 0 Å². The number of aromatic nitrogens is 1. The zero-order valence-corrected chi connectivity index (χ0v) is 8.37. The van der Waals surface area contributed by atoms with E-state index in [2.05, 4.69) is 4.98 Å². The van der Waals surface area contributed by atoms with Gasteiger partial charge in [-0.05, 0) is 30.7 Å². The van der Waals surface area contributed by atoms with Crippen molar-refractivity contribution in [3.63, 3.8) is 0 Å². The Hall–Kier alpha value is -1.90. The van der Waals surface area contributed by atoms with Crippen LogP contribution in [0.2, 0.25) is 0 Å². The van der Waals surface area contributed by atoms with Gasteiger partial charge in [-0.3, -0.25) is 4.98 Å². The van der Waals surface area contributed by atoms with Crippen LogP contribution in [0.3, 0.4) is 0 Å². The van der Waals surface area contributed by atoms with Crippen LogP contribution in [0.1, 0.15) is 5.69 Å². The number of nitrogens with two attached hydrogens (primary N) is 1. The second-order valence-electron chi connectivity index (χ2n) is 3.42. The third-order valence-electron chi connectivity index (χ3n) is 2.25. The predicted octanol–water partition coefficient (Wildman–Crippen LogP) is 2.78. The van der Waals surface area contributed by atoms with Gasteiger partial charge in [-0.2, -0.15) is 0 Å². The lowest BCUT2D eigenvalue weighted by Gasteiger charge is -2.03. The molecule has 0 aliphatic heterocycles. The largest absolute Gasteiger partial charge is 0.396 e.